The van der Waals surface area contributed by atoms with Crippen molar-refractivity contribution < 1.29 is 22.4 Å². The van der Waals surface area contributed by atoms with E-state index in [1.807, 2.05) is 37.3 Å². The van der Waals surface area contributed by atoms with Gasteiger partial charge in [-0.05, 0) is 61.7 Å². The number of nitrogens with one attached hydrogen (secondary N) is 2. The molecule has 1 aliphatic rings. The summed E-state index contributed by atoms with van der Waals surface area (Å²) in [6.07, 6.45) is 0.678. The fourth-order valence-corrected chi connectivity index (χ4v) is 5.71. The van der Waals surface area contributed by atoms with Crippen LogP contribution in [0.3, 0.4) is 0 Å². The van der Waals surface area contributed by atoms with Crippen molar-refractivity contribution in [3.05, 3.63) is 95.8 Å². The Morgan fingerprint density at radius 3 is 2.19 bits per heavy atom. The number of anilines is 1. The van der Waals surface area contributed by atoms with Crippen LogP contribution in [-0.2, 0) is 14.8 Å². The molecule has 1 heterocycles. The molecule has 3 aromatic carbocycles. The van der Waals surface area contributed by atoms with Gasteiger partial charge >= 0.3 is 0 Å². The third-order valence-electron chi connectivity index (χ3n) is 6.35. The highest BCUT2D eigenvalue weighted by Crippen LogP contribution is 2.26. The summed E-state index contributed by atoms with van der Waals surface area (Å²) >= 11 is 0. The first-order valence-electron chi connectivity index (χ1n) is 11.8. The number of amides is 2. The second-order valence-electron chi connectivity index (χ2n) is 8.77. The Hall–Kier alpha value is -3.56. The number of sulfonamides is 1. The minimum atomic E-state index is -3.76. The molecule has 188 valence electrons. The molecule has 1 aliphatic heterocycles. The third kappa shape index (κ3) is 5.80. The van der Waals surface area contributed by atoms with Gasteiger partial charge in [0, 0.05) is 19.0 Å². The van der Waals surface area contributed by atoms with Crippen molar-refractivity contribution in [2.45, 2.75) is 30.7 Å². The smallest absolute Gasteiger partial charge is 0.253 e. The number of hydrogen-bond donors (Lipinski definition) is 2. The van der Waals surface area contributed by atoms with Gasteiger partial charge in [0.2, 0.25) is 15.9 Å². The van der Waals surface area contributed by atoms with E-state index in [9.17, 15) is 22.4 Å². The van der Waals surface area contributed by atoms with Gasteiger partial charge in [0.25, 0.3) is 5.91 Å². The van der Waals surface area contributed by atoms with Gasteiger partial charge in [-0.3, -0.25) is 9.59 Å². The van der Waals surface area contributed by atoms with Gasteiger partial charge in [0.05, 0.1) is 22.2 Å². The Morgan fingerprint density at radius 2 is 1.53 bits per heavy atom. The van der Waals surface area contributed by atoms with Crippen LogP contribution >= 0.6 is 0 Å². The Morgan fingerprint density at radius 1 is 0.917 bits per heavy atom. The molecule has 0 saturated carbocycles. The summed E-state index contributed by atoms with van der Waals surface area (Å²) in [6, 6.07) is 20.9. The zero-order valence-corrected chi connectivity index (χ0v) is 20.7. The fraction of sp³-hybridized carbons (Fsp3) is 0.259. The molecule has 0 aliphatic carbocycles. The second kappa shape index (κ2) is 11.0. The normalized spacial score (nSPS) is 15.7. The van der Waals surface area contributed by atoms with E-state index in [-0.39, 0.29) is 35.8 Å². The zero-order chi connectivity index (χ0) is 25.7. The molecule has 1 atom stereocenters. The molecule has 2 amide bonds. The minimum Gasteiger partial charge on any atom is -0.345 e. The van der Waals surface area contributed by atoms with Crippen LogP contribution < -0.4 is 10.6 Å². The number of carbonyl (C=O) groups excluding carboxylic acids is 2. The highest BCUT2D eigenvalue weighted by molar-refractivity contribution is 7.89. The average Bonchev–Trinajstić information content (AvgIpc) is 2.89. The van der Waals surface area contributed by atoms with Gasteiger partial charge in [0.1, 0.15) is 5.82 Å². The predicted molar refractivity (Wildman–Crippen MR) is 135 cm³/mol. The lowest BCUT2D eigenvalue weighted by Gasteiger charge is -2.30. The summed E-state index contributed by atoms with van der Waals surface area (Å²) in [5, 5.41) is 5.82. The quantitative estimate of drug-likeness (QED) is 0.495. The Balaban J connectivity index is 1.38. The molecule has 1 saturated heterocycles. The van der Waals surface area contributed by atoms with E-state index < -0.39 is 21.8 Å². The number of para-hydroxylation sites is 1. The van der Waals surface area contributed by atoms with Crippen molar-refractivity contribution in [1.29, 1.82) is 0 Å². The standard InChI is InChI=1S/C27H28FN3O4S/c1-19(20-7-3-2-4-8-20)29-27(33)24-9-5-6-10-25(24)30-26(32)21-15-17-31(18-16-21)36(34,35)23-13-11-22(28)12-14-23/h2-14,19,21H,15-18H2,1H3,(H,29,33)(H,30,32)/t19-/m1/s1. The Kier molecular flexibility index (Phi) is 7.81. The molecule has 1 fully saturated rings. The van der Waals surface area contributed by atoms with E-state index in [0.29, 0.717) is 24.1 Å². The van der Waals surface area contributed by atoms with Crippen molar-refractivity contribution in [3.63, 3.8) is 0 Å². The summed E-state index contributed by atoms with van der Waals surface area (Å²) in [7, 11) is -3.76. The van der Waals surface area contributed by atoms with Crippen molar-refractivity contribution in [2.75, 3.05) is 18.4 Å². The molecule has 2 N–H and O–H groups in total. The number of hydrogen-bond acceptors (Lipinski definition) is 4. The molecule has 0 aromatic heterocycles. The van der Waals surface area contributed by atoms with Crippen molar-refractivity contribution in [2.24, 2.45) is 5.92 Å². The van der Waals surface area contributed by atoms with Crippen molar-refractivity contribution in [3.8, 4) is 0 Å². The monoisotopic (exact) mass is 509 g/mol. The molecule has 36 heavy (non-hydrogen) atoms. The molecule has 7 nitrogen and oxygen atoms in total. The van der Waals surface area contributed by atoms with Crippen LogP contribution in [0.15, 0.2) is 83.8 Å². The first kappa shape index (κ1) is 25.5. The average molecular weight is 510 g/mol. The van der Waals surface area contributed by atoms with Gasteiger partial charge in [0.15, 0.2) is 0 Å². The third-order valence-corrected chi connectivity index (χ3v) is 8.27. The topological polar surface area (TPSA) is 95.6 Å². The maximum atomic E-state index is 13.2. The van der Waals surface area contributed by atoms with Gasteiger partial charge in [-0.2, -0.15) is 4.31 Å². The van der Waals surface area contributed by atoms with E-state index in [0.717, 1.165) is 17.7 Å². The predicted octanol–water partition coefficient (Wildman–Crippen LogP) is 4.36. The van der Waals surface area contributed by atoms with Gasteiger partial charge in [-0.15, -0.1) is 0 Å². The first-order chi connectivity index (χ1) is 17.3. The number of piperidine rings is 1. The van der Waals surface area contributed by atoms with E-state index in [2.05, 4.69) is 10.6 Å². The SMILES string of the molecule is C[C@@H](NC(=O)c1ccccc1NC(=O)C1CCN(S(=O)(=O)c2ccc(F)cc2)CC1)c1ccccc1. The van der Waals surface area contributed by atoms with Crippen molar-refractivity contribution in [1.82, 2.24) is 9.62 Å². The molecular formula is C27H28FN3O4S. The van der Waals surface area contributed by atoms with Gasteiger partial charge in [-0.25, -0.2) is 12.8 Å². The Bertz CT molecular complexity index is 1320. The zero-order valence-electron chi connectivity index (χ0n) is 19.9. The summed E-state index contributed by atoms with van der Waals surface area (Å²) < 4.78 is 40.2. The maximum Gasteiger partial charge on any atom is 0.253 e. The largest absolute Gasteiger partial charge is 0.345 e. The lowest BCUT2D eigenvalue weighted by atomic mass is 9.97. The van der Waals surface area contributed by atoms with Crippen LogP contribution in [-0.4, -0.2) is 37.6 Å². The summed E-state index contributed by atoms with van der Waals surface area (Å²) in [5.41, 5.74) is 1.72. The van der Waals surface area contributed by atoms with Crippen molar-refractivity contribution >= 4 is 27.5 Å². The number of nitrogens with zero attached hydrogens (tertiary/aromatic N) is 1. The molecular weight excluding hydrogens is 481 g/mol. The summed E-state index contributed by atoms with van der Waals surface area (Å²) in [4.78, 5) is 26.0. The van der Waals surface area contributed by atoms with Crippen LogP contribution in [0.25, 0.3) is 0 Å². The minimum absolute atomic E-state index is 0.0245. The number of benzene rings is 3. The highest BCUT2D eigenvalue weighted by Gasteiger charge is 2.32. The van der Waals surface area contributed by atoms with Crippen LogP contribution in [0.1, 0.15) is 41.7 Å². The van der Waals surface area contributed by atoms with Crippen LogP contribution in [0.5, 0.6) is 0 Å². The summed E-state index contributed by atoms with van der Waals surface area (Å²) in [5.74, 6) is -1.47. The van der Waals surface area contributed by atoms with Gasteiger partial charge < -0.3 is 10.6 Å². The number of halogens is 1. The van der Waals surface area contributed by atoms with Crippen LogP contribution in [0, 0.1) is 11.7 Å². The number of rotatable bonds is 7. The molecule has 3 aromatic rings. The van der Waals surface area contributed by atoms with E-state index in [1.165, 1.54) is 16.4 Å². The molecule has 9 heteroatoms. The van der Waals surface area contributed by atoms with Crippen LogP contribution in [0.2, 0.25) is 0 Å². The van der Waals surface area contributed by atoms with Gasteiger partial charge in [-0.1, -0.05) is 42.5 Å². The summed E-state index contributed by atoms with van der Waals surface area (Å²) in [6.45, 7) is 2.24. The van der Waals surface area contributed by atoms with E-state index >= 15 is 0 Å². The lowest BCUT2D eigenvalue weighted by Crippen LogP contribution is -2.41. The lowest BCUT2D eigenvalue weighted by molar-refractivity contribution is -0.120. The Labute approximate surface area is 210 Å². The maximum absolute atomic E-state index is 13.2. The molecule has 0 spiro atoms. The number of carbonyl (C=O) groups is 2. The second-order valence-corrected chi connectivity index (χ2v) is 10.7. The molecule has 0 radical (unpaired) electrons. The van der Waals surface area contributed by atoms with Crippen LogP contribution in [0.4, 0.5) is 10.1 Å². The molecule has 4 rings (SSSR count). The fourth-order valence-electron chi connectivity index (χ4n) is 4.24. The van der Waals surface area contributed by atoms with E-state index in [1.54, 1.807) is 24.3 Å². The first-order valence-corrected chi connectivity index (χ1v) is 13.2. The molecule has 0 bridgehead atoms. The van der Waals surface area contributed by atoms with E-state index in [4.69, 9.17) is 0 Å². The molecule has 0 unspecified atom stereocenters. The highest BCUT2D eigenvalue weighted by atomic mass is 32.2.